The van der Waals surface area contributed by atoms with Gasteiger partial charge in [0.2, 0.25) is 0 Å². The normalized spacial score (nSPS) is 9.91. The van der Waals surface area contributed by atoms with E-state index in [2.05, 4.69) is 18.8 Å². The van der Waals surface area contributed by atoms with E-state index >= 15 is 0 Å². The van der Waals surface area contributed by atoms with Crippen LogP contribution in [0.5, 0.6) is 11.5 Å². The molecule has 1 aromatic carbocycles. The van der Waals surface area contributed by atoms with Crippen LogP contribution in [0.25, 0.3) is 0 Å². The number of benzene rings is 1. The Hall–Kier alpha value is -2.06. The highest BCUT2D eigenvalue weighted by atomic mass is 16.5. The van der Waals surface area contributed by atoms with E-state index in [1.165, 1.54) is 44.9 Å². The highest BCUT2D eigenvalue weighted by Gasteiger charge is 2.09. The van der Waals surface area contributed by atoms with Gasteiger partial charge in [0.05, 0.1) is 24.8 Å². The minimum absolute atomic E-state index is 0.611. The molecule has 0 radical (unpaired) electrons. The summed E-state index contributed by atoms with van der Waals surface area (Å²) >= 11 is 0. The van der Waals surface area contributed by atoms with E-state index in [0.29, 0.717) is 29.2 Å². The Morgan fingerprint density at radius 2 is 1.35 bits per heavy atom. The van der Waals surface area contributed by atoms with Gasteiger partial charge in [0.15, 0.2) is 0 Å². The molecule has 124 valence electrons. The lowest BCUT2D eigenvalue weighted by Gasteiger charge is -2.11. The van der Waals surface area contributed by atoms with Crippen LogP contribution in [0.15, 0.2) is 12.1 Å². The maximum atomic E-state index is 5.82. The highest BCUT2D eigenvalue weighted by molar-refractivity contribution is 5.57. The van der Waals surface area contributed by atoms with Crippen LogP contribution in [0.3, 0.4) is 0 Å². The molecule has 2 nitrogen and oxygen atoms in total. The Kier molecular flexibility index (Phi) is 9.49. The van der Waals surface area contributed by atoms with Crippen molar-refractivity contribution in [2.24, 2.45) is 0 Å². The molecule has 2 heteroatoms. The first-order valence-electron chi connectivity index (χ1n) is 8.54. The van der Waals surface area contributed by atoms with Crippen LogP contribution >= 0.6 is 0 Å². The Morgan fingerprint density at radius 3 is 1.91 bits per heavy atom. The summed E-state index contributed by atoms with van der Waals surface area (Å²) in [7, 11) is 1.58. The summed E-state index contributed by atoms with van der Waals surface area (Å²) in [6.45, 7) is 2.91. The molecule has 23 heavy (non-hydrogen) atoms. The summed E-state index contributed by atoms with van der Waals surface area (Å²) in [6.07, 6.45) is 21.2. The Bertz CT molecular complexity index is 546. The summed E-state index contributed by atoms with van der Waals surface area (Å²) in [5.74, 6) is 6.51. The molecule has 1 aromatic rings. The Morgan fingerprint density at radius 1 is 0.826 bits per heavy atom. The van der Waals surface area contributed by atoms with Crippen molar-refractivity contribution in [3.63, 3.8) is 0 Å². The minimum atomic E-state index is 0.611. The molecule has 1 rings (SSSR count). The predicted molar refractivity (Wildman–Crippen MR) is 97.0 cm³/mol. The molecule has 0 unspecified atom stereocenters. The van der Waals surface area contributed by atoms with E-state index in [0.717, 1.165) is 6.42 Å². The zero-order chi connectivity index (χ0) is 16.9. The third kappa shape index (κ3) is 6.70. The smallest absolute Gasteiger partial charge is 0.136 e. The fourth-order valence-corrected chi connectivity index (χ4v) is 2.49. The van der Waals surface area contributed by atoms with Crippen molar-refractivity contribution in [2.45, 2.75) is 58.3 Å². The van der Waals surface area contributed by atoms with Gasteiger partial charge in [0, 0.05) is 12.1 Å². The van der Waals surface area contributed by atoms with E-state index in [9.17, 15) is 0 Å². The number of rotatable bonds is 11. The van der Waals surface area contributed by atoms with E-state index in [-0.39, 0.29) is 0 Å². The molecule has 0 fully saturated rings. The molecular weight excluding hydrogens is 284 g/mol. The van der Waals surface area contributed by atoms with Crippen LogP contribution in [0, 0.1) is 24.7 Å². The molecule has 0 aliphatic rings. The molecule has 0 aromatic heterocycles. The number of ether oxygens (including phenoxy) is 2. The largest absolute Gasteiger partial charge is 0.495 e. The molecule has 0 N–H and O–H groups in total. The topological polar surface area (TPSA) is 18.5 Å². The third-order valence-corrected chi connectivity index (χ3v) is 3.87. The summed E-state index contributed by atoms with van der Waals surface area (Å²) in [5.41, 5.74) is 1.35. The lowest BCUT2D eigenvalue weighted by atomic mass is 10.1. The van der Waals surface area contributed by atoms with Crippen LogP contribution < -0.4 is 9.47 Å². The zero-order valence-electron chi connectivity index (χ0n) is 14.5. The molecule has 0 aliphatic carbocycles. The first kappa shape index (κ1) is 19.0. The van der Waals surface area contributed by atoms with Crippen molar-refractivity contribution >= 4 is 0 Å². The monoisotopic (exact) mass is 312 g/mol. The van der Waals surface area contributed by atoms with Crippen molar-refractivity contribution in [1.29, 1.82) is 0 Å². The predicted octanol–water partition coefficient (Wildman–Crippen LogP) is 5.18. The van der Waals surface area contributed by atoms with Crippen molar-refractivity contribution < 1.29 is 9.47 Å². The summed E-state index contributed by atoms with van der Waals surface area (Å²) in [6, 6.07) is 3.55. The van der Waals surface area contributed by atoms with Gasteiger partial charge < -0.3 is 9.47 Å². The number of hydrogen-bond donors (Lipinski definition) is 0. The molecule has 0 bridgehead atoms. The molecule has 0 saturated heterocycles. The van der Waals surface area contributed by atoms with Gasteiger partial charge in [-0.2, -0.15) is 0 Å². The van der Waals surface area contributed by atoms with Gasteiger partial charge in [-0.15, -0.1) is 12.8 Å². The summed E-state index contributed by atoms with van der Waals surface area (Å²) < 4.78 is 11.1. The van der Waals surface area contributed by atoms with E-state index in [1.807, 2.05) is 0 Å². The van der Waals surface area contributed by atoms with Gasteiger partial charge in [-0.1, -0.05) is 63.7 Å². The molecule has 0 atom stereocenters. The molecule has 0 aliphatic heterocycles. The van der Waals surface area contributed by atoms with Crippen molar-refractivity contribution in [3.8, 4) is 36.2 Å². The highest BCUT2D eigenvalue weighted by Crippen LogP contribution is 2.28. The standard InChI is InChI=1S/C21H28O2/c1-5-8-9-10-11-12-13-14-15-23-21-17-18(6-2)20(22-4)16-19(21)7-3/h2-3,16-17H,5,8-15H2,1,4H3. The zero-order valence-corrected chi connectivity index (χ0v) is 14.5. The number of hydrogen-bond acceptors (Lipinski definition) is 2. The van der Waals surface area contributed by atoms with Gasteiger partial charge in [0.1, 0.15) is 11.5 Å². The van der Waals surface area contributed by atoms with Gasteiger partial charge in [-0.3, -0.25) is 0 Å². The first-order chi connectivity index (χ1) is 11.3. The van der Waals surface area contributed by atoms with E-state index < -0.39 is 0 Å². The van der Waals surface area contributed by atoms with Crippen LogP contribution in [0.4, 0.5) is 0 Å². The van der Waals surface area contributed by atoms with E-state index in [4.69, 9.17) is 22.3 Å². The van der Waals surface area contributed by atoms with Gasteiger partial charge in [-0.25, -0.2) is 0 Å². The lowest BCUT2D eigenvalue weighted by molar-refractivity contribution is 0.302. The fraction of sp³-hybridized carbons (Fsp3) is 0.524. The number of terminal acetylenes is 2. The van der Waals surface area contributed by atoms with E-state index in [1.54, 1.807) is 19.2 Å². The van der Waals surface area contributed by atoms with Crippen LogP contribution in [0.2, 0.25) is 0 Å². The van der Waals surface area contributed by atoms with Crippen LogP contribution in [0.1, 0.15) is 69.4 Å². The maximum Gasteiger partial charge on any atom is 0.136 e. The quantitative estimate of drug-likeness (QED) is 0.414. The lowest BCUT2D eigenvalue weighted by Crippen LogP contribution is -2.01. The molecule has 0 amide bonds. The second-order valence-corrected chi connectivity index (χ2v) is 5.66. The second kappa shape index (κ2) is 11.5. The van der Waals surface area contributed by atoms with Gasteiger partial charge in [-0.05, 0) is 6.42 Å². The molecular formula is C21H28O2. The average Bonchev–Trinajstić information content (AvgIpc) is 2.59. The SMILES string of the molecule is C#Cc1cc(OCCCCCCCCCC)c(C#C)cc1OC. The van der Waals surface area contributed by atoms with Crippen molar-refractivity contribution in [2.75, 3.05) is 13.7 Å². The Balaban J connectivity index is 2.37. The number of unbranched alkanes of at least 4 members (excludes halogenated alkanes) is 7. The summed E-state index contributed by atoms with van der Waals surface area (Å²) in [5, 5.41) is 0. The van der Waals surface area contributed by atoms with Crippen LogP contribution in [-0.4, -0.2) is 13.7 Å². The summed E-state index contributed by atoms with van der Waals surface area (Å²) in [4.78, 5) is 0. The fourth-order valence-electron chi connectivity index (χ4n) is 2.49. The van der Waals surface area contributed by atoms with Crippen LogP contribution in [-0.2, 0) is 0 Å². The second-order valence-electron chi connectivity index (χ2n) is 5.66. The Labute approximate surface area is 141 Å². The molecule has 0 heterocycles. The molecule has 0 saturated carbocycles. The van der Waals surface area contributed by atoms with Gasteiger partial charge in [0.25, 0.3) is 0 Å². The van der Waals surface area contributed by atoms with Gasteiger partial charge >= 0.3 is 0 Å². The first-order valence-corrected chi connectivity index (χ1v) is 8.54. The minimum Gasteiger partial charge on any atom is -0.495 e. The molecule has 0 spiro atoms. The number of methoxy groups -OCH3 is 1. The van der Waals surface area contributed by atoms with Crippen molar-refractivity contribution in [3.05, 3.63) is 23.3 Å². The average molecular weight is 312 g/mol. The maximum absolute atomic E-state index is 5.82. The third-order valence-electron chi connectivity index (χ3n) is 3.87. The van der Waals surface area contributed by atoms with Crippen molar-refractivity contribution in [1.82, 2.24) is 0 Å².